The van der Waals surface area contributed by atoms with E-state index in [2.05, 4.69) is 20.9 Å². The van der Waals surface area contributed by atoms with Gasteiger partial charge in [0.05, 0.1) is 24.3 Å². The fraction of sp³-hybridized carbons (Fsp3) is 0.238. The molecule has 0 aromatic heterocycles. The van der Waals surface area contributed by atoms with Gasteiger partial charge >= 0.3 is 0 Å². The van der Waals surface area contributed by atoms with Crippen molar-refractivity contribution in [2.75, 3.05) is 20.3 Å². The molecule has 3 rings (SSSR count). The number of amides is 1. The van der Waals surface area contributed by atoms with E-state index in [1.165, 1.54) is 11.8 Å². The Morgan fingerprint density at radius 1 is 1.18 bits per heavy atom. The number of carbonyl (C=O) groups is 1. The number of methoxy groups -OCH3 is 1. The average Bonchev–Trinajstić information content (AvgIpc) is 2.98. The minimum Gasteiger partial charge on any atom is -0.496 e. The highest BCUT2D eigenvalue weighted by Gasteiger charge is 2.32. The number of halogens is 1. The Morgan fingerprint density at radius 3 is 2.57 bits per heavy atom. The van der Waals surface area contributed by atoms with E-state index in [9.17, 15) is 4.79 Å². The normalized spacial score (nSPS) is 16.9. The van der Waals surface area contributed by atoms with E-state index in [0.717, 1.165) is 21.5 Å². The molecule has 0 N–H and O–H groups in total. The van der Waals surface area contributed by atoms with Crippen LogP contribution in [0.15, 0.2) is 56.8 Å². The van der Waals surface area contributed by atoms with Crippen LogP contribution < -0.4 is 9.47 Å². The van der Waals surface area contributed by atoms with Crippen LogP contribution in [0.25, 0.3) is 6.08 Å². The van der Waals surface area contributed by atoms with Crippen LogP contribution in [0, 0.1) is 0 Å². The number of aliphatic imine (C=N–C) groups is 1. The lowest BCUT2D eigenvalue weighted by molar-refractivity contribution is -0.122. The Morgan fingerprint density at radius 2 is 1.93 bits per heavy atom. The molecule has 0 aliphatic carbocycles. The van der Waals surface area contributed by atoms with Gasteiger partial charge in [-0.3, -0.25) is 9.69 Å². The Balaban J connectivity index is 1.91. The van der Waals surface area contributed by atoms with E-state index in [4.69, 9.17) is 9.47 Å². The van der Waals surface area contributed by atoms with Crippen LogP contribution in [-0.2, 0) is 4.79 Å². The molecule has 0 bridgehead atoms. The third-order valence-corrected chi connectivity index (χ3v) is 5.56. The lowest BCUT2D eigenvalue weighted by Crippen LogP contribution is -2.28. The monoisotopic (exact) mass is 460 g/mol. The van der Waals surface area contributed by atoms with Crippen molar-refractivity contribution in [1.29, 1.82) is 0 Å². The SMILES string of the molecule is CCOc1ccc(N=C2S/C(=C\c3cc(Br)ccc3OC)C(=O)N2CC)cc1. The summed E-state index contributed by atoms with van der Waals surface area (Å²) in [5.41, 5.74) is 1.62. The summed E-state index contributed by atoms with van der Waals surface area (Å²) < 4.78 is 11.8. The highest BCUT2D eigenvalue weighted by Crippen LogP contribution is 2.36. The zero-order valence-corrected chi connectivity index (χ0v) is 18.3. The molecule has 28 heavy (non-hydrogen) atoms. The van der Waals surface area contributed by atoms with Gasteiger partial charge in [-0.15, -0.1) is 0 Å². The van der Waals surface area contributed by atoms with Crippen LogP contribution in [-0.4, -0.2) is 36.2 Å². The third-order valence-electron chi connectivity index (χ3n) is 4.06. The number of hydrogen-bond acceptors (Lipinski definition) is 5. The van der Waals surface area contributed by atoms with Gasteiger partial charge in [-0.2, -0.15) is 0 Å². The second kappa shape index (κ2) is 9.30. The molecule has 2 aromatic rings. The standard InChI is InChI=1S/C21H21BrN2O3S/c1-4-24-20(25)19(13-14-12-15(22)6-11-18(14)26-3)28-21(24)23-16-7-9-17(10-8-16)27-5-2/h6-13H,4-5H2,1-3H3/b19-13-,23-21?. The molecular formula is C21H21BrN2O3S. The summed E-state index contributed by atoms with van der Waals surface area (Å²) in [5, 5.41) is 0.664. The highest BCUT2D eigenvalue weighted by atomic mass is 79.9. The zero-order chi connectivity index (χ0) is 20.1. The van der Waals surface area contributed by atoms with Crippen molar-refractivity contribution < 1.29 is 14.3 Å². The number of ether oxygens (including phenoxy) is 2. The Hall–Kier alpha value is -2.25. The molecule has 5 nitrogen and oxygen atoms in total. The molecule has 7 heteroatoms. The maximum Gasteiger partial charge on any atom is 0.266 e. The molecule has 0 radical (unpaired) electrons. The number of benzene rings is 2. The smallest absolute Gasteiger partial charge is 0.266 e. The molecule has 0 unspecified atom stereocenters. The van der Waals surface area contributed by atoms with E-state index >= 15 is 0 Å². The number of likely N-dealkylation sites (N-methyl/N-ethyl adjacent to an activating group) is 1. The molecule has 1 aliphatic rings. The fourth-order valence-electron chi connectivity index (χ4n) is 2.72. The van der Waals surface area contributed by atoms with Gasteiger partial charge in [0.25, 0.3) is 5.91 Å². The van der Waals surface area contributed by atoms with Crippen molar-refractivity contribution in [1.82, 2.24) is 4.90 Å². The van der Waals surface area contributed by atoms with E-state index in [1.807, 2.05) is 62.4 Å². The maximum atomic E-state index is 12.8. The number of carbonyl (C=O) groups excluding carboxylic acids is 1. The summed E-state index contributed by atoms with van der Waals surface area (Å²) in [5.74, 6) is 1.46. The van der Waals surface area contributed by atoms with Crippen molar-refractivity contribution in [3.8, 4) is 11.5 Å². The maximum absolute atomic E-state index is 12.8. The number of hydrogen-bond donors (Lipinski definition) is 0. The molecule has 2 aromatic carbocycles. The van der Waals surface area contributed by atoms with Gasteiger partial charge < -0.3 is 9.47 Å². The molecule has 1 amide bonds. The first-order chi connectivity index (χ1) is 13.5. The predicted molar refractivity (Wildman–Crippen MR) is 118 cm³/mol. The summed E-state index contributed by atoms with van der Waals surface area (Å²) in [7, 11) is 1.62. The topological polar surface area (TPSA) is 51.1 Å². The van der Waals surface area contributed by atoms with E-state index in [-0.39, 0.29) is 5.91 Å². The second-order valence-corrected chi connectivity index (χ2v) is 7.79. The molecule has 1 saturated heterocycles. The summed E-state index contributed by atoms with van der Waals surface area (Å²) in [6.45, 7) is 5.06. The van der Waals surface area contributed by atoms with Gasteiger partial charge in [0.15, 0.2) is 5.17 Å². The molecule has 146 valence electrons. The van der Waals surface area contributed by atoms with Crippen molar-refractivity contribution in [3.63, 3.8) is 0 Å². The minimum atomic E-state index is -0.0563. The summed E-state index contributed by atoms with van der Waals surface area (Å²) in [4.78, 5) is 19.8. The zero-order valence-electron chi connectivity index (χ0n) is 15.9. The van der Waals surface area contributed by atoms with E-state index in [0.29, 0.717) is 29.0 Å². The van der Waals surface area contributed by atoms with Crippen molar-refractivity contribution in [2.24, 2.45) is 4.99 Å². The van der Waals surface area contributed by atoms with Gasteiger partial charge in [-0.05, 0) is 74.1 Å². The Labute approximate surface area is 177 Å². The van der Waals surface area contributed by atoms with Crippen molar-refractivity contribution in [3.05, 3.63) is 57.4 Å². The highest BCUT2D eigenvalue weighted by molar-refractivity contribution is 9.10. The Kier molecular flexibility index (Phi) is 6.80. The molecule has 1 fully saturated rings. The summed E-state index contributed by atoms with van der Waals surface area (Å²) in [6.07, 6.45) is 1.85. The molecule has 0 spiro atoms. The van der Waals surface area contributed by atoms with Crippen LogP contribution >= 0.6 is 27.7 Å². The van der Waals surface area contributed by atoms with Crippen LogP contribution in [0.1, 0.15) is 19.4 Å². The second-order valence-electron chi connectivity index (χ2n) is 5.87. The average molecular weight is 461 g/mol. The third kappa shape index (κ3) is 4.59. The first-order valence-corrected chi connectivity index (χ1v) is 10.5. The summed E-state index contributed by atoms with van der Waals surface area (Å²) >= 11 is 4.83. The van der Waals surface area contributed by atoms with Crippen LogP contribution in [0.2, 0.25) is 0 Å². The quantitative estimate of drug-likeness (QED) is 0.535. The Bertz CT molecular complexity index is 926. The van der Waals surface area contributed by atoms with Gasteiger partial charge in [0.1, 0.15) is 11.5 Å². The fourth-order valence-corrected chi connectivity index (χ4v) is 4.16. The molecular weight excluding hydrogens is 440 g/mol. The van der Waals surface area contributed by atoms with Crippen LogP contribution in [0.5, 0.6) is 11.5 Å². The van der Waals surface area contributed by atoms with Gasteiger partial charge in [0.2, 0.25) is 0 Å². The van der Waals surface area contributed by atoms with Crippen LogP contribution in [0.4, 0.5) is 5.69 Å². The first kappa shape index (κ1) is 20.5. The lowest BCUT2D eigenvalue weighted by Gasteiger charge is -2.12. The molecule has 1 heterocycles. The lowest BCUT2D eigenvalue weighted by atomic mass is 10.2. The van der Waals surface area contributed by atoms with Crippen molar-refractivity contribution >= 4 is 50.5 Å². The van der Waals surface area contributed by atoms with Gasteiger partial charge in [-0.25, -0.2) is 4.99 Å². The van der Waals surface area contributed by atoms with Crippen molar-refractivity contribution in [2.45, 2.75) is 13.8 Å². The number of amidine groups is 1. The van der Waals surface area contributed by atoms with Gasteiger partial charge in [0, 0.05) is 16.6 Å². The largest absolute Gasteiger partial charge is 0.496 e. The number of thioether (sulfide) groups is 1. The first-order valence-electron chi connectivity index (χ1n) is 8.92. The molecule has 0 saturated carbocycles. The van der Waals surface area contributed by atoms with Gasteiger partial charge in [-0.1, -0.05) is 15.9 Å². The molecule has 1 aliphatic heterocycles. The molecule has 0 atom stereocenters. The van der Waals surface area contributed by atoms with Crippen LogP contribution in [0.3, 0.4) is 0 Å². The van der Waals surface area contributed by atoms with E-state index < -0.39 is 0 Å². The number of nitrogens with zero attached hydrogens (tertiary/aromatic N) is 2. The predicted octanol–water partition coefficient (Wildman–Crippen LogP) is 5.48. The summed E-state index contributed by atoms with van der Waals surface area (Å²) in [6, 6.07) is 13.2. The number of rotatable bonds is 6. The van der Waals surface area contributed by atoms with E-state index in [1.54, 1.807) is 12.0 Å². The minimum absolute atomic E-state index is 0.0563.